The highest BCUT2D eigenvalue weighted by Gasteiger charge is 2.16. The third-order valence-electron chi connectivity index (χ3n) is 5.81. The Balaban J connectivity index is 1.93. The summed E-state index contributed by atoms with van der Waals surface area (Å²) in [5, 5.41) is 0. The lowest BCUT2D eigenvalue weighted by Gasteiger charge is -2.17. The zero-order valence-corrected chi connectivity index (χ0v) is 22.4. The molecule has 0 radical (unpaired) electrons. The van der Waals surface area contributed by atoms with Crippen LogP contribution < -0.4 is 9.47 Å². The van der Waals surface area contributed by atoms with Crippen molar-refractivity contribution in [3.8, 4) is 22.6 Å². The van der Waals surface area contributed by atoms with Gasteiger partial charge in [0.1, 0.15) is 24.7 Å². The van der Waals surface area contributed by atoms with Gasteiger partial charge in [0, 0.05) is 18.7 Å². The number of para-hydroxylation sites is 1. The second-order valence-corrected chi connectivity index (χ2v) is 9.58. The Morgan fingerprint density at radius 1 is 0.806 bits per heavy atom. The van der Waals surface area contributed by atoms with Crippen LogP contribution in [0.4, 0.5) is 0 Å². The van der Waals surface area contributed by atoms with E-state index in [0.29, 0.717) is 24.5 Å². The van der Waals surface area contributed by atoms with Crippen LogP contribution in [0.3, 0.4) is 0 Å². The molecule has 3 aromatic rings. The van der Waals surface area contributed by atoms with Gasteiger partial charge in [-0.1, -0.05) is 48.0 Å². The third-order valence-corrected chi connectivity index (χ3v) is 5.81. The molecule has 0 aliphatic rings. The number of carbonyl (C=O) groups excluding carboxylic acids is 1. The quantitative estimate of drug-likeness (QED) is 0.241. The van der Waals surface area contributed by atoms with Crippen LogP contribution in [0.1, 0.15) is 27.0 Å². The maximum absolute atomic E-state index is 13.5. The van der Waals surface area contributed by atoms with Crippen LogP contribution in [0.15, 0.2) is 66.7 Å². The maximum Gasteiger partial charge on any atom is 0.189 e. The lowest BCUT2D eigenvalue weighted by atomic mass is 9.96. The molecule has 0 aromatic heterocycles. The van der Waals surface area contributed by atoms with Gasteiger partial charge in [-0.2, -0.15) is 0 Å². The second-order valence-electron chi connectivity index (χ2n) is 9.58. The van der Waals surface area contributed by atoms with E-state index < -0.39 is 0 Å². The minimum absolute atomic E-state index is 0.101. The van der Waals surface area contributed by atoms with Gasteiger partial charge in [0.15, 0.2) is 5.78 Å². The van der Waals surface area contributed by atoms with Crippen molar-refractivity contribution in [2.45, 2.75) is 13.8 Å². The van der Waals surface area contributed by atoms with Gasteiger partial charge in [-0.05, 0) is 89.1 Å². The van der Waals surface area contributed by atoms with Crippen molar-refractivity contribution in [2.24, 2.45) is 0 Å². The molecule has 190 valence electrons. The number of benzene rings is 3. The van der Waals surface area contributed by atoms with Crippen molar-refractivity contribution in [2.75, 3.05) is 54.5 Å². The monoisotopic (exact) mass is 486 g/mol. The molecule has 0 spiro atoms. The predicted octanol–water partition coefficient (Wildman–Crippen LogP) is 5.75. The summed E-state index contributed by atoms with van der Waals surface area (Å²) < 4.78 is 12.1. The van der Waals surface area contributed by atoms with Gasteiger partial charge in [0.05, 0.1) is 5.56 Å². The average molecular weight is 487 g/mol. The molecular formula is C31H38N2O3. The number of nitrogens with zero attached hydrogens (tertiary/aromatic N) is 2. The lowest BCUT2D eigenvalue weighted by molar-refractivity contribution is 0.104. The van der Waals surface area contributed by atoms with Gasteiger partial charge >= 0.3 is 0 Å². The molecule has 0 aliphatic heterocycles. The fraction of sp³-hybridized carbons (Fsp3) is 0.323. The lowest BCUT2D eigenvalue weighted by Crippen LogP contribution is -2.20. The Morgan fingerprint density at radius 3 is 2.19 bits per heavy atom. The van der Waals surface area contributed by atoms with Gasteiger partial charge in [-0.3, -0.25) is 4.79 Å². The highest BCUT2D eigenvalue weighted by atomic mass is 16.5. The number of hydrogen-bond acceptors (Lipinski definition) is 5. The summed E-state index contributed by atoms with van der Waals surface area (Å²) in [6, 6.07) is 20.1. The number of aryl methyl sites for hydroxylation is 2. The van der Waals surface area contributed by atoms with Crippen LogP contribution in [-0.4, -0.2) is 70.1 Å². The van der Waals surface area contributed by atoms with E-state index in [9.17, 15) is 4.79 Å². The van der Waals surface area contributed by atoms with Gasteiger partial charge in [-0.25, -0.2) is 0 Å². The minimum atomic E-state index is -0.101. The summed E-state index contributed by atoms with van der Waals surface area (Å²) in [6.45, 7) is 6.73. The molecule has 36 heavy (non-hydrogen) atoms. The first-order valence-corrected chi connectivity index (χ1v) is 12.3. The standard InChI is InChI=1S/C31H38N2O3/c1-23-10-9-12-26(20-23)27-21-24(2)31(36-19-17-33(5)6)28(22-27)29(34)15-14-25-11-7-8-13-30(25)35-18-16-32(3)4/h7-15,20-22H,16-19H2,1-6H3/b15-14+. The van der Waals surface area contributed by atoms with Gasteiger partial charge in [0.2, 0.25) is 0 Å². The van der Waals surface area contributed by atoms with Crippen LogP contribution in [0.5, 0.6) is 11.5 Å². The second kappa shape index (κ2) is 13.1. The molecule has 0 N–H and O–H groups in total. The third kappa shape index (κ3) is 7.80. The summed E-state index contributed by atoms with van der Waals surface area (Å²) in [4.78, 5) is 17.7. The molecule has 0 amide bonds. The fourth-order valence-electron chi connectivity index (χ4n) is 3.81. The van der Waals surface area contributed by atoms with Crippen LogP contribution in [0, 0.1) is 13.8 Å². The SMILES string of the molecule is Cc1cccc(-c2cc(C)c(OCCN(C)C)c(C(=O)/C=C/c3ccccc3OCCN(C)C)c2)c1. The van der Waals surface area contributed by atoms with E-state index in [1.807, 2.05) is 77.6 Å². The van der Waals surface area contributed by atoms with Gasteiger partial charge < -0.3 is 19.3 Å². The molecule has 0 bridgehead atoms. The highest BCUT2D eigenvalue weighted by Crippen LogP contribution is 2.32. The predicted molar refractivity (Wildman–Crippen MR) is 149 cm³/mol. The number of likely N-dealkylation sites (N-methyl/N-ethyl adjacent to an activating group) is 2. The summed E-state index contributed by atoms with van der Waals surface area (Å²) in [5.74, 6) is 1.30. The van der Waals surface area contributed by atoms with Gasteiger partial charge in [0.25, 0.3) is 0 Å². The Labute approximate surface area is 216 Å². The summed E-state index contributed by atoms with van der Waals surface area (Å²) in [6.07, 6.45) is 3.44. The minimum Gasteiger partial charge on any atom is -0.492 e. The fourth-order valence-corrected chi connectivity index (χ4v) is 3.81. The average Bonchev–Trinajstić information content (AvgIpc) is 2.83. The number of hydrogen-bond donors (Lipinski definition) is 0. The van der Waals surface area contributed by atoms with Crippen molar-refractivity contribution < 1.29 is 14.3 Å². The first kappa shape index (κ1) is 27.2. The van der Waals surface area contributed by atoms with E-state index in [2.05, 4.69) is 41.0 Å². The van der Waals surface area contributed by atoms with E-state index in [4.69, 9.17) is 9.47 Å². The maximum atomic E-state index is 13.5. The van der Waals surface area contributed by atoms with E-state index in [1.165, 1.54) is 5.56 Å². The number of ether oxygens (including phenoxy) is 2. The Kier molecular flexibility index (Phi) is 9.86. The number of carbonyl (C=O) groups is 1. The van der Waals surface area contributed by atoms with Gasteiger partial charge in [-0.15, -0.1) is 0 Å². The number of allylic oxidation sites excluding steroid dienone is 1. The first-order chi connectivity index (χ1) is 17.2. The van der Waals surface area contributed by atoms with Crippen molar-refractivity contribution in [3.63, 3.8) is 0 Å². The molecule has 3 aromatic carbocycles. The Hall–Kier alpha value is -3.41. The van der Waals surface area contributed by atoms with E-state index >= 15 is 0 Å². The smallest absolute Gasteiger partial charge is 0.189 e. The molecule has 5 heteroatoms. The number of rotatable bonds is 12. The van der Waals surface area contributed by atoms with Crippen LogP contribution in [-0.2, 0) is 0 Å². The van der Waals surface area contributed by atoms with E-state index in [-0.39, 0.29) is 5.78 Å². The normalized spacial score (nSPS) is 11.4. The van der Waals surface area contributed by atoms with Crippen molar-refractivity contribution in [3.05, 3.63) is 89.0 Å². The van der Waals surface area contributed by atoms with Crippen LogP contribution in [0.25, 0.3) is 17.2 Å². The van der Waals surface area contributed by atoms with Crippen molar-refractivity contribution in [1.29, 1.82) is 0 Å². The molecule has 5 nitrogen and oxygen atoms in total. The largest absolute Gasteiger partial charge is 0.492 e. The van der Waals surface area contributed by atoms with E-state index in [1.54, 1.807) is 6.08 Å². The van der Waals surface area contributed by atoms with Crippen molar-refractivity contribution >= 4 is 11.9 Å². The van der Waals surface area contributed by atoms with Crippen LogP contribution in [0.2, 0.25) is 0 Å². The molecule has 0 fully saturated rings. The topological polar surface area (TPSA) is 42.0 Å². The molecule has 0 saturated heterocycles. The zero-order chi connectivity index (χ0) is 26.1. The molecule has 0 heterocycles. The molecule has 0 saturated carbocycles. The molecule has 0 aliphatic carbocycles. The van der Waals surface area contributed by atoms with E-state index in [0.717, 1.165) is 41.1 Å². The molecule has 0 unspecified atom stereocenters. The molecule has 0 atom stereocenters. The highest BCUT2D eigenvalue weighted by molar-refractivity contribution is 6.09. The van der Waals surface area contributed by atoms with Crippen LogP contribution >= 0.6 is 0 Å². The summed E-state index contributed by atoms with van der Waals surface area (Å²) >= 11 is 0. The summed E-state index contributed by atoms with van der Waals surface area (Å²) in [7, 11) is 8.03. The Bertz CT molecular complexity index is 1200. The molecular weight excluding hydrogens is 448 g/mol. The number of ketones is 1. The molecule has 3 rings (SSSR count). The first-order valence-electron chi connectivity index (χ1n) is 12.3. The van der Waals surface area contributed by atoms with Crippen molar-refractivity contribution in [1.82, 2.24) is 9.80 Å². The Morgan fingerprint density at radius 2 is 1.50 bits per heavy atom. The summed E-state index contributed by atoms with van der Waals surface area (Å²) in [5.41, 5.74) is 5.63. The zero-order valence-electron chi connectivity index (χ0n) is 22.4.